The molecule has 0 saturated heterocycles. The molecule has 2 heterocycles. The Morgan fingerprint density at radius 1 is 1.20 bits per heavy atom. The smallest absolute Gasteiger partial charge is 0.230 e. The van der Waals surface area contributed by atoms with Gasteiger partial charge in [0.1, 0.15) is 13.2 Å². The number of hydrogen-bond donors (Lipinski definition) is 2. The van der Waals surface area contributed by atoms with Gasteiger partial charge in [0.25, 0.3) is 0 Å². The predicted octanol–water partition coefficient (Wildman–Crippen LogP) is 2.69. The van der Waals surface area contributed by atoms with Crippen molar-refractivity contribution >= 4 is 34.0 Å². The van der Waals surface area contributed by atoms with Crippen LogP contribution >= 0.6 is 11.3 Å². The molecule has 2 aromatic rings. The number of rotatable bonds is 5. The quantitative estimate of drug-likeness (QED) is 0.855. The molecule has 1 aliphatic heterocycles. The molecule has 2 N–H and O–H groups in total. The number of carbonyl (C=O) groups excluding carboxylic acids is 2. The van der Waals surface area contributed by atoms with Crippen molar-refractivity contribution in [2.45, 2.75) is 20.3 Å². The molecule has 0 spiro atoms. The molecule has 0 atom stereocenters. The molecule has 1 aromatic heterocycles. The van der Waals surface area contributed by atoms with Crippen molar-refractivity contribution in [1.29, 1.82) is 0 Å². The molecular formula is C17H19N3O4S. The van der Waals surface area contributed by atoms with Crippen molar-refractivity contribution in [3.63, 3.8) is 0 Å². The summed E-state index contributed by atoms with van der Waals surface area (Å²) in [6, 6.07) is 5.27. The molecule has 1 aromatic carbocycles. The topological polar surface area (TPSA) is 89.6 Å². The second kappa shape index (κ2) is 7.52. The molecular weight excluding hydrogens is 342 g/mol. The summed E-state index contributed by atoms with van der Waals surface area (Å²) in [6.07, 6.45) is 0.127. The molecule has 7 nitrogen and oxygen atoms in total. The van der Waals surface area contributed by atoms with Crippen LogP contribution < -0.4 is 20.1 Å². The van der Waals surface area contributed by atoms with Gasteiger partial charge in [0.05, 0.1) is 12.1 Å². The lowest BCUT2D eigenvalue weighted by atomic mass is 10.2. The summed E-state index contributed by atoms with van der Waals surface area (Å²) < 4.78 is 10.9. The van der Waals surface area contributed by atoms with Crippen molar-refractivity contribution in [3.8, 4) is 11.5 Å². The second-order valence-corrected chi connectivity index (χ2v) is 6.73. The average Bonchev–Trinajstić information content (AvgIpc) is 3.01. The minimum absolute atomic E-state index is 0.0957. The molecule has 0 unspecified atom stereocenters. The number of thiazole rings is 1. The van der Waals surface area contributed by atoms with Gasteiger partial charge in [-0.1, -0.05) is 13.8 Å². The zero-order valence-corrected chi connectivity index (χ0v) is 14.8. The van der Waals surface area contributed by atoms with Crippen LogP contribution in [0.25, 0.3) is 0 Å². The minimum Gasteiger partial charge on any atom is -0.486 e. The highest BCUT2D eigenvalue weighted by Gasteiger charge is 2.14. The number of aromatic nitrogens is 1. The Hall–Kier alpha value is -2.61. The molecule has 0 aliphatic carbocycles. The van der Waals surface area contributed by atoms with Gasteiger partial charge in [0.2, 0.25) is 11.8 Å². The summed E-state index contributed by atoms with van der Waals surface area (Å²) in [7, 11) is 0. The standard InChI is InChI=1S/C17H19N3O4S/c1-10(2)16(22)20-17-19-12(9-25-17)8-15(21)18-11-3-4-13-14(7-11)24-6-5-23-13/h3-4,7,9-10H,5-6,8H2,1-2H3,(H,18,21)(H,19,20,22). The van der Waals surface area contributed by atoms with E-state index in [0.717, 1.165) is 0 Å². The van der Waals surface area contributed by atoms with E-state index in [1.807, 2.05) is 13.8 Å². The molecule has 8 heteroatoms. The van der Waals surface area contributed by atoms with Gasteiger partial charge in [-0.2, -0.15) is 0 Å². The van der Waals surface area contributed by atoms with E-state index in [-0.39, 0.29) is 24.2 Å². The first-order valence-electron chi connectivity index (χ1n) is 7.96. The normalized spacial score (nSPS) is 12.8. The SMILES string of the molecule is CC(C)C(=O)Nc1nc(CC(=O)Nc2ccc3c(c2)OCCO3)cs1. The van der Waals surface area contributed by atoms with Gasteiger partial charge in [0, 0.05) is 23.1 Å². The first-order chi connectivity index (χ1) is 12.0. The van der Waals surface area contributed by atoms with Gasteiger partial charge in [-0.05, 0) is 12.1 Å². The van der Waals surface area contributed by atoms with Gasteiger partial charge < -0.3 is 20.1 Å². The van der Waals surface area contributed by atoms with E-state index < -0.39 is 0 Å². The average molecular weight is 361 g/mol. The van der Waals surface area contributed by atoms with Crippen molar-refractivity contribution in [2.75, 3.05) is 23.8 Å². The summed E-state index contributed by atoms with van der Waals surface area (Å²) in [6.45, 7) is 4.64. The Morgan fingerprint density at radius 3 is 2.72 bits per heavy atom. The molecule has 2 amide bonds. The second-order valence-electron chi connectivity index (χ2n) is 5.87. The summed E-state index contributed by atoms with van der Waals surface area (Å²) >= 11 is 1.30. The summed E-state index contributed by atoms with van der Waals surface area (Å²) in [4.78, 5) is 28.1. The number of fused-ring (bicyclic) bond motifs is 1. The van der Waals surface area contributed by atoms with E-state index in [4.69, 9.17) is 9.47 Å². The monoisotopic (exact) mass is 361 g/mol. The summed E-state index contributed by atoms with van der Waals surface area (Å²) in [5.74, 6) is 0.891. The molecule has 0 fully saturated rings. The fourth-order valence-electron chi connectivity index (χ4n) is 2.19. The van der Waals surface area contributed by atoms with Crippen molar-refractivity contribution in [3.05, 3.63) is 29.3 Å². The number of hydrogen-bond acceptors (Lipinski definition) is 6. The number of carbonyl (C=O) groups is 2. The molecule has 0 radical (unpaired) electrons. The highest BCUT2D eigenvalue weighted by atomic mass is 32.1. The van der Waals surface area contributed by atoms with E-state index >= 15 is 0 Å². The van der Waals surface area contributed by atoms with Gasteiger partial charge in [-0.25, -0.2) is 4.98 Å². The number of ether oxygens (including phenoxy) is 2. The highest BCUT2D eigenvalue weighted by molar-refractivity contribution is 7.13. The van der Waals surface area contributed by atoms with Gasteiger partial charge in [-0.3, -0.25) is 9.59 Å². The van der Waals surface area contributed by atoms with Crippen LogP contribution in [0.2, 0.25) is 0 Å². The maximum atomic E-state index is 12.2. The number of nitrogens with one attached hydrogen (secondary N) is 2. The number of amides is 2. The Kier molecular flexibility index (Phi) is 5.18. The van der Waals surface area contributed by atoms with E-state index in [1.54, 1.807) is 23.6 Å². The third-order valence-corrected chi connectivity index (χ3v) is 4.28. The Labute approximate surface area is 149 Å². The zero-order valence-electron chi connectivity index (χ0n) is 14.0. The Balaban J connectivity index is 1.58. The fourth-order valence-corrected chi connectivity index (χ4v) is 2.90. The van der Waals surface area contributed by atoms with Gasteiger partial charge in [-0.15, -0.1) is 11.3 Å². The van der Waals surface area contributed by atoms with Crippen LogP contribution in [-0.2, 0) is 16.0 Å². The van der Waals surface area contributed by atoms with Crippen LogP contribution in [0, 0.1) is 5.92 Å². The minimum atomic E-state index is -0.191. The molecule has 0 bridgehead atoms. The van der Waals surface area contributed by atoms with Crippen LogP contribution in [0.1, 0.15) is 19.5 Å². The van der Waals surface area contributed by atoms with E-state index in [9.17, 15) is 9.59 Å². The maximum absolute atomic E-state index is 12.2. The Morgan fingerprint density at radius 2 is 1.96 bits per heavy atom. The third kappa shape index (κ3) is 4.48. The van der Waals surface area contributed by atoms with Crippen LogP contribution in [0.3, 0.4) is 0 Å². The summed E-state index contributed by atoms with van der Waals surface area (Å²) in [5.41, 5.74) is 1.25. The molecule has 3 rings (SSSR count). The lowest BCUT2D eigenvalue weighted by Crippen LogP contribution is -2.18. The van der Waals surface area contributed by atoms with Crippen LogP contribution in [0.4, 0.5) is 10.8 Å². The predicted molar refractivity (Wildman–Crippen MR) is 95.3 cm³/mol. The van der Waals surface area contributed by atoms with Crippen molar-refractivity contribution in [1.82, 2.24) is 4.98 Å². The lowest BCUT2D eigenvalue weighted by Gasteiger charge is -2.18. The fraction of sp³-hybridized carbons (Fsp3) is 0.353. The van der Waals surface area contributed by atoms with Gasteiger partial charge in [0.15, 0.2) is 16.6 Å². The molecule has 132 valence electrons. The number of nitrogens with zero attached hydrogens (tertiary/aromatic N) is 1. The first-order valence-corrected chi connectivity index (χ1v) is 8.84. The maximum Gasteiger partial charge on any atom is 0.230 e. The van der Waals surface area contributed by atoms with E-state index in [0.29, 0.717) is 41.2 Å². The van der Waals surface area contributed by atoms with Crippen LogP contribution in [0.15, 0.2) is 23.6 Å². The molecule has 1 aliphatic rings. The highest BCUT2D eigenvalue weighted by Crippen LogP contribution is 2.32. The molecule has 25 heavy (non-hydrogen) atoms. The van der Waals surface area contributed by atoms with Crippen LogP contribution in [0.5, 0.6) is 11.5 Å². The number of anilines is 2. The van der Waals surface area contributed by atoms with Crippen molar-refractivity contribution < 1.29 is 19.1 Å². The first kappa shape index (κ1) is 17.2. The Bertz CT molecular complexity index is 788. The number of benzene rings is 1. The van der Waals surface area contributed by atoms with Crippen LogP contribution in [-0.4, -0.2) is 30.0 Å². The zero-order chi connectivity index (χ0) is 17.8. The van der Waals surface area contributed by atoms with E-state index in [1.165, 1.54) is 11.3 Å². The van der Waals surface area contributed by atoms with E-state index in [2.05, 4.69) is 15.6 Å². The van der Waals surface area contributed by atoms with Crippen molar-refractivity contribution in [2.24, 2.45) is 5.92 Å². The third-order valence-electron chi connectivity index (χ3n) is 3.47. The summed E-state index contributed by atoms with van der Waals surface area (Å²) in [5, 5.41) is 7.80. The lowest BCUT2D eigenvalue weighted by molar-refractivity contribution is -0.119. The largest absolute Gasteiger partial charge is 0.486 e. The molecule has 0 saturated carbocycles. The van der Waals surface area contributed by atoms with Gasteiger partial charge >= 0.3 is 0 Å².